The Kier molecular flexibility index (Phi) is 8.03. The van der Waals surface area contributed by atoms with Gasteiger partial charge in [-0.25, -0.2) is 0 Å². The molecule has 2 amide bonds. The van der Waals surface area contributed by atoms with Crippen LogP contribution >= 0.6 is 0 Å². The molecule has 0 aromatic heterocycles. The lowest BCUT2D eigenvalue weighted by molar-refractivity contribution is -0.129. The Morgan fingerprint density at radius 1 is 0.875 bits per heavy atom. The molecule has 32 heavy (non-hydrogen) atoms. The van der Waals surface area contributed by atoms with Gasteiger partial charge in [0.15, 0.2) is 0 Å². The molecule has 0 atom stereocenters. The van der Waals surface area contributed by atoms with Crippen LogP contribution in [0.5, 0.6) is 5.75 Å². The van der Waals surface area contributed by atoms with Crippen molar-refractivity contribution in [1.29, 1.82) is 0 Å². The molecule has 5 nitrogen and oxygen atoms in total. The zero-order valence-corrected chi connectivity index (χ0v) is 19.0. The lowest BCUT2D eigenvalue weighted by Gasteiger charge is -2.24. The van der Waals surface area contributed by atoms with Crippen LogP contribution in [0.2, 0.25) is 0 Å². The molecule has 0 aliphatic heterocycles. The largest absolute Gasteiger partial charge is 0.497 e. The van der Waals surface area contributed by atoms with E-state index in [4.69, 9.17) is 4.74 Å². The third-order valence-corrected chi connectivity index (χ3v) is 5.33. The number of anilines is 1. The first-order valence-electron chi connectivity index (χ1n) is 10.8. The van der Waals surface area contributed by atoms with Crippen molar-refractivity contribution in [3.8, 4) is 5.75 Å². The minimum atomic E-state index is -0.112. The molecule has 3 rings (SSSR count). The van der Waals surface area contributed by atoms with E-state index in [2.05, 4.69) is 6.92 Å². The van der Waals surface area contributed by atoms with Gasteiger partial charge in [-0.15, -0.1) is 0 Å². The molecule has 0 saturated carbocycles. The molecule has 3 aromatic carbocycles. The molecule has 5 heteroatoms. The Balaban J connectivity index is 1.86. The van der Waals surface area contributed by atoms with E-state index >= 15 is 0 Å². The Labute approximate surface area is 190 Å². The molecular formula is C27H30N2O3. The van der Waals surface area contributed by atoms with Gasteiger partial charge >= 0.3 is 0 Å². The number of hydrogen-bond acceptors (Lipinski definition) is 3. The minimum absolute atomic E-state index is 0.0909. The summed E-state index contributed by atoms with van der Waals surface area (Å²) in [4.78, 5) is 29.3. The van der Waals surface area contributed by atoms with Gasteiger partial charge in [0.2, 0.25) is 5.91 Å². The average Bonchev–Trinajstić information content (AvgIpc) is 2.83. The van der Waals surface area contributed by atoms with Gasteiger partial charge in [0.25, 0.3) is 5.91 Å². The number of amides is 2. The van der Waals surface area contributed by atoms with Crippen LogP contribution in [0.3, 0.4) is 0 Å². The number of ether oxygens (including phenoxy) is 1. The monoisotopic (exact) mass is 430 g/mol. The van der Waals surface area contributed by atoms with E-state index in [-0.39, 0.29) is 11.8 Å². The average molecular weight is 431 g/mol. The van der Waals surface area contributed by atoms with Crippen LogP contribution in [0.1, 0.15) is 34.8 Å². The predicted molar refractivity (Wildman–Crippen MR) is 128 cm³/mol. The van der Waals surface area contributed by atoms with Crippen molar-refractivity contribution in [3.63, 3.8) is 0 Å². The van der Waals surface area contributed by atoms with Gasteiger partial charge in [-0.1, -0.05) is 55.5 Å². The number of likely N-dealkylation sites (N-methyl/N-ethyl adjacent to an activating group) is 1. The first-order chi connectivity index (χ1) is 15.5. The fraction of sp³-hybridized carbons (Fsp3) is 0.259. The predicted octanol–water partition coefficient (Wildman–Crippen LogP) is 4.95. The van der Waals surface area contributed by atoms with E-state index < -0.39 is 0 Å². The summed E-state index contributed by atoms with van der Waals surface area (Å²) in [5.74, 6) is 0.619. The van der Waals surface area contributed by atoms with E-state index in [0.29, 0.717) is 24.3 Å². The molecule has 0 aliphatic rings. The van der Waals surface area contributed by atoms with Crippen LogP contribution in [-0.2, 0) is 17.8 Å². The maximum Gasteiger partial charge on any atom is 0.258 e. The van der Waals surface area contributed by atoms with Crippen molar-refractivity contribution in [1.82, 2.24) is 4.90 Å². The van der Waals surface area contributed by atoms with Gasteiger partial charge in [-0.05, 0) is 47.9 Å². The van der Waals surface area contributed by atoms with Gasteiger partial charge in [-0.3, -0.25) is 9.59 Å². The highest BCUT2D eigenvalue weighted by atomic mass is 16.5. The highest BCUT2D eigenvalue weighted by Crippen LogP contribution is 2.23. The molecular weight excluding hydrogens is 400 g/mol. The number of rotatable bonds is 9. The van der Waals surface area contributed by atoms with Gasteiger partial charge in [0.05, 0.1) is 20.1 Å². The third-order valence-electron chi connectivity index (χ3n) is 5.33. The Bertz CT molecular complexity index is 1030. The topological polar surface area (TPSA) is 49.9 Å². The van der Waals surface area contributed by atoms with Gasteiger partial charge in [0, 0.05) is 24.8 Å². The van der Waals surface area contributed by atoms with E-state index in [1.165, 1.54) is 0 Å². The summed E-state index contributed by atoms with van der Waals surface area (Å²) >= 11 is 0. The molecule has 3 aromatic rings. The van der Waals surface area contributed by atoms with E-state index in [1.54, 1.807) is 29.0 Å². The molecule has 0 unspecified atom stereocenters. The third kappa shape index (κ3) is 5.97. The number of benzene rings is 3. The molecule has 166 valence electrons. The van der Waals surface area contributed by atoms with Gasteiger partial charge in [-0.2, -0.15) is 0 Å². The number of carbonyl (C=O) groups excluding carboxylic acids is 2. The Morgan fingerprint density at radius 2 is 1.59 bits per heavy atom. The number of carbonyl (C=O) groups is 2. The summed E-state index contributed by atoms with van der Waals surface area (Å²) < 4.78 is 5.29. The maximum atomic E-state index is 13.5. The fourth-order valence-electron chi connectivity index (χ4n) is 3.52. The van der Waals surface area contributed by atoms with Crippen LogP contribution in [-0.4, -0.2) is 37.4 Å². The van der Waals surface area contributed by atoms with E-state index in [0.717, 1.165) is 29.8 Å². The summed E-state index contributed by atoms with van der Waals surface area (Å²) in [6, 6.07) is 24.7. The molecule has 0 N–H and O–H groups in total. The van der Waals surface area contributed by atoms with Crippen molar-refractivity contribution in [3.05, 3.63) is 95.6 Å². The molecule has 0 spiro atoms. The Morgan fingerprint density at radius 3 is 2.25 bits per heavy atom. The fourth-order valence-corrected chi connectivity index (χ4v) is 3.52. The molecule has 0 bridgehead atoms. The van der Waals surface area contributed by atoms with Crippen LogP contribution in [0.4, 0.5) is 5.69 Å². The lowest BCUT2D eigenvalue weighted by atomic mass is 10.1. The number of hydrogen-bond donors (Lipinski definition) is 0. The standard InChI is InChI=1S/C27H30N2O3/c1-4-17-28(2)26(30)18-21-13-15-24(16-14-21)29(20-22-9-6-5-7-10-22)27(31)23-11-8-12-25(19-23)32-3/h5-16,19H,4,17-18,20H2,1-3H3. The molecule has 0 radical (unpaired) electrons. The van der Waals surface area contributed by atoms with Gasteiger partial charge < -0.3 is 14.5 Å². The summed E-state index contributed by atoms with van der Waals surface area (Å²) in [7, 11) is 3.41. The van der Waals surface area contributed by atoms with Crippen LogP contribution in [0.25, 0.3) is 0 Å². The number of nitrogens with zero attached hydrogens (tertiary/aromatic N) is 2. The zero-order valence-electron chi connectivity index (χ0n) is 19.0. The Hall–Kier alpha value is -3.60. The van der Waals surface area contributed by atoms with Crippen molar-refractivity contribution < 1.29 is 14.3 Å². The minimum Gasteiger partial charge on any atom is -0.497 e. The summed E-state index contributed by atoms with van der Waals surface area (Å²) in [5.41, 5.74) is 3.29. The molecule has 0 fully saturated rings. The van der Waals surface area contributed by atoms with E-state index in [1.807, 2.05) is 73.8 Å². The SMILES string of the molecule is CCCN(C)C(=O)Cc1ccc(N(Cc2ccccc2)C(=O)c2cccc(OC)c2)cc1. The highest BCUT2D eigenvalue weighted by molar-refractivity contribution is 6.06. The highest BCUT2D eigenvalue weighted by Gasteiger charge is 2.19. The summed E-state index contributed by atoms with van der Waals surface area (Å²) in [6.07, 6.45) is 1.28. The smallest absolute Gasteiger partial charge is 0.258 e. The van der Waals surface area contributed by atoms with Crippen LogP contribution < -0.4 is 9.64 Å². The molecule has 0 aliphatic carbocycles. The van der Waals surface area contributed by atoms with E-state index in [9.17, 15) is 9.59 Å². The van der Waals surface area contributed by atoms with Crippen molar-refractivity contribution >= 4 is 17.5 Å². The van der Waals surface area contributed by atoms with Crippen LogP contribution in [0.15, 0.2) is 78.9 Å². The first-order valence-corrected chi connectivity index (χ1v) is 10.8. The summed E-state index contributed by atoms with van der Waals surface area (Å²) in [6.45, 7) is 3.24. The van der Waals surface area contributed by atoms with Crippen molar-refractivity contribution in [2.24, 2.45) is 0 Å². The maximum absolute atomic E-state index is 13.5. The number of methoxy groups -OCH3 is 1. The first kappa shape index (κ1) is 23.1. The van der Waals surface area contributed by atoms with Crippen molar-refractivity contribution in [2.45, 2.75) is 26.3 Å². The molecule has 0 heterocycles. The second-order valence-electron chi connectivity index (χ2n) is 7.77. The van der Waals surface area contributed by atoms with Gasteiger partial charge in [0.1, 0.15) is 5.75 Å². The lowest BCUT2D eigenvalue weighted by Crippen LogP contribution is -2.30. The zero-order chi connectivity index (χ0) is 22.9. The second-order valence-corrected chi connectivity index (χ2v) is 7.77. The second kappa shape index (κ2) is 11.1. The summed E-state index contributed by atoms with van der Waals surface area (Å²) in [5, 5.41) is 0. The van der Waals surface area contributed by atoms with Crippen LogP contribution in [0, 0.1) is 0 Å². The quantitative estimate of drug-likeness (QED) is 0.482. The molecule has 0 saturated heterocycles. The normalized spacial score (nSPS) is 10.5. The van der Waals surface area contributed by atoms with Crippen molar-refractivity contribution in [2.75, 3.05) is 25.6 Å².